The molecule has 1 atom stereocenters. The summed E-state index contributed by atoms with van der Waals surface area (Å²) >= 11 is 3.16. The van der Waals surface area contributed by atoms with Crippen molar-refractivity contribution in [2.24, 2.45) is 5.92 Å². The van der Waals surface area contributed by atoms with Crippen LogP contribution in [0.2, 0.25) is 0 Å². The van der Waals surface area contributed by atoms with Crippen LogP contribution in [0.15, 0.2) is 16.6 Å². The number of halogens is 5. The fourth-order valence-electron chi connectivity index (χ4n) is 3.54. The van der Waals surface area contributed by atoms with Gasteiger partial charge in [-0.2, -0.15) is 0 Å². The summed E-state index contributed by atoms with van der Waals surface area (Å²) in [4.78, 5) is 2.22. The molecule has 1 aromatic carbocycles. The molecule has 8 heteroatoms. The minimum atomic E-state index is -0.457. The van der Waals surface area contributed by atoms with Gasteiger partial charge in [-0.25, -0.2) is 8.78 Å². The third kappa shape index (κ3) is 5.02. The molecule has 0 radical (unpaired) electrons. The van der Waals surface area contributed by atoms with E-state index in [0.717, 1.165) is 39.0 Å². The van der Waals surface area contributed by atoms with Crippen molar-refractivity contribution in [2.45, 2.75) is 18.9 Å². The molecule has 0 amide bonds. The zero-order chi connectivity index (χ0) is 15.5. The summed E-state index contributed by atoms with van der Waals surface area (Å²) in [6.45, 7) is 4.70. The third-order valence-corrected chi connectivity index (χ3v) is 5.05. The molecular formula is C16H23BrCl2F2N2O. The topological polar surface area (TPSA) is 24.5 Å². The van der Waals surface area contributed by atoms with Gasteiger partial charge in [-0.05, 0) is 30.9 Å². The Hall–Kier alpha value is 0.0200. The normalized spacial score (nSPS) is 20.8. The van der Waals surface area contributed by atoms with Crippen molar-refractivity contribution in [3.05, 3.63) is 33.8 Å². The second-order valence-corrected chi connectivity index (χ2v) is 6.88. The molecule has 24 heavy (non-hydrogen) atoms. The summed E-state index contributed by atoms with van der Waals surface area (Å²) in [6.07, 6.45) is 1.70. The van der Waals surface area contributed by atoms with Crippen LogP contribution in [-0.4, -0.2) is 44.3 Å². The Labute approximate surface area is 162 Å². The molecule has 2 heterocycles. The van der Waals surface area contributed by atoms with Crippen LogP contribution in [0.4, 0.5) is 8.78 Å². The largest absolute Gasteiger partial charge is 0.381 e. The van der Waals surface area contributed by atoms with Crippen molar-refractivity contribution in [2.75, 3.05) is 39.4 Å². The van der Waals surface area contributed by atoms with Gasteiger partial charge in [0.15, 0.2) is 0 Å². The van der Waals surface area contributed by atoms with E-state index in [9.17, 15) is 8.78 Å². The molecule has 3 nitrogen and oxygen atoms in total. The summed E-state index contributed by atoms with van der Waals surface area (Å²) in [7, 11) is 0. The second-order valence-electron chi connectivity index (χ2n) is 5.96. The van der Waals surface area contributed by atoms with Crippen LogP contribution in [0.5, 0.6) is 0 Å². The highest BCUT2D eigenvalue weighted by Crippen LogP contribution is 2.38. The molecule has 2 saturated heterocycles. The Morgan fingerprint density at radius 1 is 1.08 bits per heavy atom. The minimum absolute atomic E-state index is 0. The SMILES string of the molecule is Cl.Cl.Fc1cc(Br)cc(F)c1[C@@H](C1CCOCC1)N1CCNCC1. The van der Waals surface area contributed by atoms with E-state index in [1.165, 1.54) is 12.1 Å². The lowest BCUT2D eigenvalue weighted by Gasteiger charge is -2.41. The van der Waals surface area contributed by atoms with Crippen molar-refractivity contribution in [1.82, 2.24) is 10.2 Å². The van der Waals surface area contributed by atoms with Crippen molar-refractivity contribution in [3.8, 4) is 0 Å². The molecule has 3 rings (SSSR count). The van der Waals surface area contributed by atoms with Crippen LogP contribution < -0.4 is 5.32 Å². The molecule has 0 unspecified atom stereocenters. The van der Waals surface area contributed by atoms with Crippen molar-refractivity contribution < 1.29 is 13.5 Å². The highest BCUT2D eigenvalue weighted by molar-refractivity contribution is 9.10. The number of hydrogen-bond acceptors (Lipinski definition) is 3. The van der Waals surface area contributed by atoms with Crippen LogP contribution in [0.3, 0.4) is 0 Å². The van der Waals surface area contributed by atoms with E-state index in [4.69, 9.17) is 4.74 Å². The Kier molecular flexibility index (Phi) is 9.41. The first-order chi connectivity index (χ1) is 10.7. The van der Waals surface area contributed by atoms with Gasteiger partial charge in [0.05, 0.1) is 0 Å². The molecule has 2 fully saturated rings. The van der Waals surface area contributed by atoms with Crippen LogP contribution in [0.25, 0.3) is 0 Å². The Bertz CT molecular complexity index is 486. The van der Waals surface area contributed by atoms with Crippen LogP contribution in [0, 0.1) is 17.6 Å². The molecule has 2 aliphatic rings. The number of nitrogens with one attached hydrogen (secondary N) is 1. The van der Waals surface area contributed by atoms with E-state index in [2.05, 4.69) is 26.1 Å². The van der Waals surface area contributed by atoms with Crippen molar-refractivity contribution in [1.29, 1.82) is 0 Å². The molecule has 1 aromatic rings. The van der Waals surface area contributed by atoms with E-state index in [0.29, 0.717) is 17.7 Å². The summed E-state index contributed by atoms with van der Waals surface area (Å²) < 4.78 is 34.9. The maximum atomic E-state index is 14.5. The Balaban J connectivity index is 0.00000144. The maximum Gasteiger partial charge on any atom is 0.132 e. The summed E-state index contributed by atoms with van der Waals surface area (Å²) in [5.74, 6) is -0.680. The van der Waals surface area contributed by atoms with E-state index in [1.807, 2.05) is 0 Å². The van der Waals surface area contributed by atoms with E-state index >= 15 is 0 Å². The summed E-state index contributed by atoms with van der Waals surface area (Å²) in [6, 6.07) is 2.53. The fourth-order valence-corrected chi connectivity index (χ4v) is 3.95. The van der Waals surface area contributed by atoms with E-state index < -0.39 is 11.6 Å². The molecule has 0 saturated carbocycles. The van der Waals surface area contributed by atoms with Gasteiger partial charge in [0, 0.05) is 55.5 Å². The van der Waals surface area contributed by atoms with Crippen molar-refractivity contribution >= 4 is 40.7 Å². The van der Waals surface area contributed by atoms with Crippen molar-refractivity contribution in [3.63, 3.8) is 0 Å². The van der Waals surface area contributed by atoms with E-state index in [1.54, 1.807) is 0 Å². The van der Waals surface area contributed by atoms with Gasteiger partial charge < -0.3 is 10.1 Å². The predicted octanol–water partition coefficient (Wildman–Crippen LogP) is 3.94. The highest BCUT2D eigenvalue weighted by atomic mass is 79.9. The first kappa shape index (κ1) is 22.1. The average molecular weight is 448 g/mol. The van der Waals surface area contributed by atoms with Gasteiger partial charge in [0.25, 0.3) is 0 Å². The summed E-state index contributed by atoms with van der Waals surface area (Å²) in [5.41, 5.74) is 0.219. The second kappa shape index (κ2) is 10.2. The molecule has 0 aromatic heterocycles. The Morgan fingerprint density at radius 3 is 2.17 bits per heavy atom. The standard InChI is InChI=1S/C16H21BrF2N2O.2ClH/c17-12-9-13(18)15(14(19)10-12)16(11-1-7-22-8-2-11)21-5-3-20-4-6-21;;/h9-11,16,20H,1-8H2;2*1H/t16-;;/m1../s1. The molecule has 0 bridgehead atoms. The van der Waals surface area contributed by atoms with Gasteiger partial charge in [0.1, 0.15) is 11.6 Å². The quantitative estimate of drug-likeness (QED) is 0.759. The summed E-state index contributed by atoms with van der Waals surface area (Å²) in [5, 5.41) is 3.30. The highest BCUT2D eigenvalue weighted by Gasteiger charge is 2.35. The van der Waals surface area contributed by atoms with Crippen LogP contribution in [0.1, 0.15) is 24.4 Å². The Morgan fingerprint density at radius 2 is 1.62 bits per heavy atom. The fraction of sp³-hybridized carbons (Fsp3) is 0.625. The number of rotatable bonds is 3. The predicted molar refractivity (Wildman–Crippen MR) is 99.3 cm³/mol. The molecule has 2 aliphatic heterocycles. The van der Waals surface area contributed by atoms with Crippen LogP contribution >= 0.6 is 40.7 Å². The molecule has 0 spiro atoms. The lowest BCUT2D eigenvalue weighted by atomic mass is 9.85. The molecule has 0 aliphatic carbocycles. The molecular weight excluding hydrogens is 425 g/mol. The lowest BCUT2D eigenvalue weighted by Crippen LogP contribution is -2.48. The van der Waals surface area contributed by atoms with Gasteiger partial charge >= 0.3 is 0 Å². The lowest BCUT2D eigenvalue weighted by molar-refractivity contribution is 0.0191. The monoisotopic (exact) mass is 446 g/mol. The van der Waals surface area contributed by atoms with Gasteiger partial charge in [-0.15, -0.1) is 24.8 Å². The van der Waals surface area contributed by atoms with E-state index in [-0.39, 0.29) is 42.3 Å². The first-order valence-corrected chi connectivity index (χ1v) is 8.63. The number of piperazine rings is 1. The molecule has 1 N–H and O–H groups in total. The smallest absolute Gasteiger partial charge is 0.132 e. The first-order valence-electron chi connectivity index (χ1n) is 7.84. The van der Waals surface area contributed by atoms with Gasteiger partial charge in [-0.1, -0.05) is 15.9 Å². The van der Waals surface area contributed by atoms with Gasteiger partial charge in [-0.3, -0.25) is 4.90 Å². The van der Waals surface area contributed by atoms with Crippen LogP contribution in [-0.2, 0) is 4.74 Å². The number of hydrogen-bond donors (Lipinski definition) is 1. The number of nitrogens with zero attached hydrogens (tertiary/aromatic N) is 1. The zero-order valence-electron chi connectivity index (χ0n) is 13.3. The maximum absolute atomic E-state index is 14.5. The average Bonchev–Trinajstić information content (AvgIpc) is 2.52. The third-order valence-electron chi connectivity index (χ3n) is 4.60. The number of benzene rings is 1. The minimum Gasteiger partial charge on any atom is -0.381 e. The number of ether oxygens (including phenoxy) is 1. The zero-order valence-corrected chi connectivity index (χ0v) is 16.5. The molecule has 138 valence electrons. The van der Waals surface area contributed by atoms with Gasteiger partial charge in [0.2, 0.25) is 0 Å².